The molecule has 0 saturated carbocycles. The van der Waals surface area contributed by atoms with Crippen molar-refractivity contribution in [2.75, 3.05) is 7.05 Å². The molecule has 1 N–H and O–H groups in total. The molecule has 18 heavy (non-hydrogen) atoms. The van der Waals surface area contributed by atoms with Gasteiger partial charge in [0.25, 0.3) is 0 Å². The van der Waals surface area contributed by atoms with Crippen LogP contribution in [0.3, 0.4) is 0 Å². The Labute approximate surface area is 112 Å². The molecule has 0 radical (unpaired) electrons. The van der Waals surface area contributed by atoms with E-state index < -0.39 is 0 Å². The highest BCUT2D eigenvalue weighted by atomic mass is 35.5. The molecular formula is C15H15ClFN. The first-order chi connectivity index (χ1) is 8.63. The van der Waals surface area contributed by atoms with Crippen LogP contribution in [0.1, 0.15) is 11.1 Å². The highest BCUT2D eigenvalue weighted by Gasteiger charge is 2.10. The number of benzene rings is 2. The van der Waals surface area contributed by atoms with Gasteiger partial charge in [-0.1, -0.05) is 35.9 Å². The van der Waals surface area contributed by atoms with Crippen LogP contribution in [0, 0.1) is 12.7 Å². The normalized spacial score (nSPS) is 10.7. The lowest BCUT2D eigenvalue weighted by molar-refractivity contribution is 0.619. The number of rotatable bonds is 3. The summed E-state index contributed by atoms with van der Waals surface area (Å²) in [7, 11) is 1.90. The highest BCUT2D eigenvalue weighted by Crippen LogP contribution is 2.32. The van der Waals surface area contributed by atoms with Crippen LogP contribution in [0.5, 0.6) is 0 Å². The molecule has 1 nitrogen and oxygen atoms in total. The minimum Gasteiger partial charge on any atom is -0.316 e. The molecule has 0 aliphatic rings. The third-order valence-corrected chi connectivity index (χ3v) is 3.24. The number of hydrogen-bond donors (Lipinski definition) is 1. The maximum atomic E-state index is 13.4. The molecule has 0 heterocycles. The summed E-state index contributed by atoms with van der Waals surface area (Å²) in [5.74, 6) is -0.269. The van der Waals surface area contributed by atoms with Crippen molar-refractivity contribution in [3.8, 4) is 11.1 Å². The zero-order chi connectivity index (χ0) is 13.1. The molecule has 2 aromatic carbocycles. The minimum absolute atomic E-state index is 0.269. The SMILES string of the molecule is CNCc1ccccc1-c1cc(C)c(F)cc1Cl. The fraction of sp³-hybridized carbons (Fsp3) is 0.200. The fourth-order valence-electron chi connectivity index (χ4n) is 1.99. The molecule has 0 fully saturated rings. The largest absolute Gasteiger partial charge is 0.316 e. The maximum Gasteiger partial charge on any atom is 0.127 e. The smallest absolute Gasteiger partial charge is 0.127 e. The Kier molecular flexibility index (Phi) is 4.00. The van der Waals surface area contributed by atoms with Crippen LogP contribution in [-0.4, -0.2) is 7.05 Å². The molecular weight excluding hydrogens is 249 g/mol. The molecule has 0 atom stereocenters. The molecule has 0 aromatic heterocycles. The first-order valence-electron chi connectivity index (χ1n) is 5.82. The summed E-state index contributed by atoms with van der Waals surface area (Å²) in [4.78, 5) is 0. The average Bonchev–Trinajstić information content (AvgIpc) is 2.35. The van der Waals surface area contributed by atoms with Gasteiger partial charge in [0.1, 0.15) is 5.82 Å². The Balaban J connectivity index is 2.58. The van der Waals surface area contributed by atoms with Crippen LogP contribution < -0.4 is 5.32 Å². The topological polar surface area (TPSA) is 12.0 Å². The second-order valence-electron chi connectivity index (χ2n) is 4.27. The van der Waals surface area contributed by atoms with E-state index in [0.29, 0.717) is 10.6 Å². The molecule has 0 unspecified atom stereocenters. The van der Waals surface area contributed by atoms with Crippen molar-refractivity contribution in [1.29, 1.82) is 0 Å². The summed E-state index contributed by atoms with van der Waals surface area (Å²) in [6.45, 7) is 2.50. The van der Waals surface area contributed by atoms with Crippen LogP contribution >= 0.6 is 11.6 Å². The predicted octanol–water partition coefficient (Wildman–Crippen LogP) is 4.17. The minimum atomic E-state index is -0.269. The Morgan fingerprint density at radius 3 is 2.61 bits per heavy atom. The van der Waals surface area contributed by atoms with Crippen molar-refractivity contribution in [3.05, 3.63) is 58.4 Å². The highest BCUT2D eigenvalue weighted by molar-refractivity contribution is 6.33. The first kappa shape index (κ1) is 13.1. The standard InChI is InChI=1S/C15H15ClFN/c1-10-7-13(14(16)8-15(10)17)12-6-4-3-5-11(12)9-18-2/h3-8,18H,9H2,1-2H3. The molecule has 2 aromatic rings. The third kappa shape index (κ3) is 2.55. The van der Waals surface area contributed by atoms with Crippen LogP contribution in [0.15, 0.2) is 36.4 Å². The van der Waals surface area contributed by atoms with Gasteiger partial charge in [0.2, 0.25) is 0 Å². The summed E-state index contributed by atoms with van der Waals surface area (Å²) in [5, 5.41) is 3.57. The van der Waals surface area contributed by atoms with Crippen molar-refractivity contribution in [2.45, 2.75) is 13.5 Å². The monoisotopic (exact) mass is 263 g/mol. The van der Waals surface area contributed by atoms with Crippen molar-refractivity contribution in [1.82, 2.24) is 5.32 Å². The summed E-state index contributed by atoms with van der Waals surface area (Å²) in [5.41, 5.74) is 3.67. The quantitative estimate of drug-likeness (QED) is 0.876. The summed E-state index contributed by atoms with van der Waals surface area (Å²) in [6.07, 6.45) is 0. The van der Waals surface area contributed by atoms with Crippen LogP contribution in [-0.2, 0) is 6.54 Å². The molecule has 2 rings (SSSR count). The molecule has 0 aliphatic carbocycles. The van der Waals surface area contributed by atoms with E-state index in [9.17, 15) is 4.39 Å². The van der Waals surface area contributed by atoms with Gasteiger partial charge in [-0.15, -0.1) is 0 Å². The van der Waals surface area contributed by atoms with Crippen LogP contribution in [0.2, 0.25) is 5.02 Å². The van der Waals surface area contributed by atoms with Crippen molar-refractivity contribution in [2.24, 2.45) is 0 Å². The second-order valence-corrected chi connectivity index (χ2v) is 4.68. The van der Waals surface area contributed by atoms with Gasteiger partial charge in [-0.2, -0.15) is 0 Å². The summed E-state index contributed by atoms with van der Waals surface area (Å²) in [6, 6.07) is 11.2. The lowest BCUT2D eigenvalue weighted by Gasteiger charge is -2.12. The van der Waals surface area contributed by atoms with Gasteiger partial charge < -0.3 is 5.32 Å². The van der Waals surface area contributed by atoms with Gasteiger partial charge in [-0.3, -0.25) is 0 Å². The van der Waals surface area contributed by atoms with E-state index in [1.54, 1.807) is 13.0 Å². The lowest BCUT2D eigenvalue weighted by Crippen LogP contribution is -2.06. The van der Waals surface area contributed by atoms with E-state index in [1.165, 1.54) is 6.07 Å². The molecule has 0 aliphatic heterocycles. The van der Waals surface area contributed by atoms with E-state index in [4.69, 9.17) is 11.6 Å². The van der Waals surface area contributed by atoms with E-state index in [-0.39, 0.29) is 5.82 Å². The Morgan fingerprint density at radius 2 is 1.89 bits per heavy atom. The summed E-state index contributed by atoms with van der Waals surface area (Å²) < 4.78 is 13.4. The van der Waals surface area contributed by atoms with Crippen LogP contribution in [0.4, 0.5) is 4.39 Å². The third-order valence-electron chi connectivity index (χ3n) is 2.92. The Hall–Kier alpha value is -1.38. The zero-order valence-electron chi connectivity index (χ0n) is 10.4. The average molecular weight is 264 g/mol. The second kappa shape index (κ2) is 5.51. The molecule has 0 spiro atoms. The van der Waals surface area contributed by atoms with Crippen molar-refractivity contribution < 1.29 is 4.39 Å². The summed E-state index contributed by atoms with van der Waals surface area (Å²) >= 11 is 6.15. The maximum absolute atomic E-state index is 13.4. The van der Waals surface area contributed by atoms with E-state index in [1.807, 2.05) is 31.3 Å². The number of hydrogen-bond acceptors (Lipinski definition) is 1. The number of nitrogens with one attached hydrogen (secondary N) is 1. The molecule has 94 valence electrons. The van der Waals surface area contributed by atoms with Gasteiger partial charge in [0.05, 0.1) is 5.02 Å². The number of halogens is 2. The first-order valence-corrected chi connectivity index (χ1v) is 6.20. The Bertz CT molecular complexity index is 566. The predicted molar refractivity (Wildman–Crippen MR) is 74.3 cm³/mol. The molecule has 0 bridgehead atoms. The van der Waals surface area contributed by atoms with Gasteiger partial charge in [-0.05, 0) is 42.8 Å². The van der Waals surface area contributed by atoms with Crippen LogP contribution in [0.25, 0.3) is 11.1 Å². The molecule has 0 saturated heterocycles. The van der Waals surface area contributed by atoms with Crippen molar-refractivity contribution >= 4 is 11.6 Å². The lowest BCUT2D eigenvalue weighted by atomic mass is 9.98. The van der Waals surface area contributed by atoms with Gasteiger partial charge in [0.15, 0.2) is 0 Å². The zero-order valence-corrected chi connectivity index (χ0v) is 11.2. The number of aryl methyl sites for hydroxylation is 1. The Morgan fingerprint density at radius 1 is 1.17 bits per heavy atom. The van der Waals surface area contributed by atoms with Gasteiger partial charge >= 0.3 is 0 Å². The molecule has 3 heteroatoms. The van der Waals surface area contributed by atoms with E-state index in [0.717, 1.165) is 23.2 Å². The van der Waals surface area contributed by atoms with Gasteiger partial charge in [0, 0.05) is 12.1 Å². The van der Waals surface area contributed by atoms with E-state index >= 15 is 0 Å². The fourth-order valence-corrected chi connectivity index (χ4v) is 2.24. The molecule has 0 amide bonds. The van der Waals surface area contributed by atoms with Gasteiger partial charge in [-0.25, -0.2) is 4.39 Å². The van der Waals surface area contributed by atoms with Crippen molar-refractivity contribution in [3.63, 3.8) is 0 Å². The van der Waals surface area contributed by atoms with E-state index in [2.05, 4.69) is 5.32 Å².